The van der Waals surface area contributed by atoms with E-state index in [1.807, 2.05) is 0 Å². The normalized spacial score (nSPS) is 19.4. The molecule has 1 aliphatic rings. The number of halogens is 3. The van der Waals surface area contributed by atoms with Crippen molar-refractivity contribution in [1.82, 2.24) is 4.57 Å². The van der Waals surface area contributed by atoms with E-state index >= 15 is 0 Å². The van der Waals surface area contributed by atoms with Crippen LogP contribution in [0.1, 0.15) is 42.9 Å². The van der Waals surface area contributed by atoms with Crippen molar-refractivity contribution >= 4 is 0 Å². The van der Waals surface area contributed by atoms with Crippen LogP contribution in [0, 0.1) is 20.2 Å². The zero-order chi connectivity index (χ0) is 24.7. The van der Waals surface area contributed by atoms with Gasteiger partial charge in [0.05, 0.1) is 11.6 Å². The van der Waals surface area contributed by atoms with Gasteiger partial charge in [-0.15, -0.1) is 20.2 Å². The van der Waals surface area contributed by atoms with E-state index in [-0.39, 0.29) is 16.9 Å². The molecule has 0 saturated carbocycles. The fourth-order valence-electron chi connectivity index (χ4n) is 3.42. The first-order valence-electron chi connectivity index (χ1n) is 9.13. The van der Waals surface area contributed by atoms with E-state index in [4.69, 9.17) is 4.74 Å². The van der Waals surface area contributed by atoms with Gasteiger partial charge >= 0.3 is 6.18 Å². The van der Waals surface area contributed by atoms with Gasteiger partial charge in [-0.05, 0) is 38.1 Å². The molecule has 2 unspecified atom stereocenters. The molecule has 2 heterocycles. The van der Waals surface area contributed by atoms with Crippen LogP contribution in [-0.4, -0.2) is 31.6 Å². The van der Waals surface area contributed by atoms with Crippen molar-refractivity contribution in [3.63, 3.8) is 0 Å². The van der Waals surface area contributed by atoms with Crippen LogP contribution in [0.25, 0.3) is 0 Å². The maximum absolute atomic E-state index is 13.3. The average Bonchev–Trinajstić information content (AvgIpc) is 2.67. The number of nitrogens with zero attached hydrogens (tertiary/aromatic N) is 3. The molecule has 2 aromatic rings. The van der Waals surface area contributed by atoms with Crippen LogP contribution in [0.3, 0.4) is 0 Å². The molecule has 0 amide bonds. The van der Waals surface area contributed by atoms with Crippen LogP contribution in [0.2, 0.25) is 0 Å². The van der Waals surface area contributed by atoms with Gasteiger partial charge in [0.2, 0.25) is 0 Å². The van der Waals surface area contributed by atoms with Crippen LogP contribution in [-0.2, 0) is 15.9 Å². The fourth-order valence-corrected chi connectivity index (χ4v) is 3.42. The largest absolute Gasteiger partial charge is 0.485 e. The van der Waals surface area contributed by atoms with E-state index < -0.39 is 51.5 Å². The lowest BCUT2D eigenvalue weighted by Crippen LogP contribution is -2.52. The molecule has 15 heteroatoms. The molecule has 0 spiro atoms. The van der Waals surface area contributed by atoms with Crippen molar-refractivity contribution in [2.75, 3.05) is 0 Å². The number of hydrogen-bond donors (Lipinski definition) is 1. The molecule has 0 bridgehead atoms. The number of aliphatic hydroxyl groups is 1. The monoisotopic (exact) mass is 475 g/mol. The van der Waals surface area contributed by atoms with E-state index in [1.54, 1.807) is 0 Å². The molecule has 2 atom stereocenters. The Morgan fingerprint density at radius 1 is 1.15 bits per heavy atom. The highest BCUT2D eigenvalue weighted by molar-refractivity contribution is 5.44. The van der Waals surface area contributed by atoms with Gasteiger partial charge < -0.3 is 14.4 Å². The van der Waals surface area contributed by atoms with Crippen LogP contribution >= 0.6 is 0 Å². The lowest BCUT2D eigenvalue weighted by molar-refractivity contribution is -0.855. The Morgan fingerprint density at radius 2 is 1.76 bits per heavy atom. The van der Waals surface area contributed by atoms with E-state index in [2.05, 4.69) is 9.68 Å². The molecule has 0 fully saturated rings. The molecule has 33 heavy (non-hydrogen) atoms. The molecular weight excluding hydrogens is 459 g/mol. The Morgan fingerprint density at radius 3 is 2.30 bits per heavy atom. The summed E-state index contributed by atoms with van der Waals surface area (Å²) in [6, 6.07) is 2.86. The quantitative estimate of drug-likeness (QED) is 0.376. The molecule has 0 saturated heterocycles. The maximum Gasteiger partial charge on any atom is 0.416 e. The zero-order valence-electron chi connectivity index (χ0n) is 16.9. The minimum absolute atomic E-state index is 0.0414. The molecule has 1 N–H and O–H groups in total. The maximum atomic E-state index is 13.3. The van der Waals surface area contributed by atoms with Crippen molar-refractivity contribution in [3.8, 4) is 5.75 Å². The van der Waals surface area contributed by atoms with Gasteiger partial charge in [-0.1, -0.05) is 0 Å². The SMILES string of the molecule is CC1(C)Oc2ccc(C(F)(F)F)cc2C(n2cc(C(O[N+](=O)[O-])O[N+](=O)[O-])ccc2=O)C1O. The highest BCUT2D eigenvalue weighted by Crippen LogP contribution is 2.44. The zero-order valence-corrected chi connectivity index (χ0v) is 16.9. The van der Waals surface area contributed by atoms with Crippen LogP contribution in [0.15, 0.2) is 41.3 Å². The van der Waals surface area contributed by atoms with E-state index in [0.717, 1.165) is 35.0 Å². The minimum Gasteiger partial charge on any atom is -0.485 e. The van der Waals surface area contributed by atoms with Crippen molar-refractivity contribution in [2.24, 2.45) is 0 Å². The topological polar surface area (TPSA) is 156 Å². The summed E-state index contributed by atoms with van der Waals surface area (Å²) in [5.74, 6) is -0.0414. The Balaban J connectivity index is 2.20. The molecule has 3 rings (SSSR count). The van der Waals surface area contributed by atoms with Crippen LogP contribution in [0.4, 0.5) is 13.2 Å². The number of rotatable bonds is 6. The van der Waals surface area contributed by atoms with Crippen LogP contribution < -0.4 is 10.3 Å². The number of aliphatic hydroxyl groups excluding tert-OH is 1. The predicted octanol–water partition coefficient (Wildman–Crippen LogP) is 2.40. The van der Waals surface area contributed by atoms with Crippen molar-refractivity contribution < 1.29 is 42.9 Å². The number of pyridine rings is 1. The molecule has 0 aliphatic carbocycles. The van der Waals surface area contributed by atoms with E-state index in [0.29, 0.717) is 6.07 Å². The third kappa shape index (κ3) is 4.82. The first-order valence-corrected chi connectivity index (χ1v) is 9.13. The molecule has 178 valence electrons. The number of benzene rings is 1. The molecule has 1 aromatic heterocycles. The lowest BCUT2D eigenvalue weighted by atomic mass is 9.85. The van der Waals surface area contributed by atoms with Gasteiger partial charge in [0.15, 0.2) is 0 Å². The number of ether oxygens (including phenoxy) is 1. The number of fused-ring (bicyclic) bond motifs is 1. The molecule has 12 nitrogen and oxygen atoms in total. The van der Waals surface area contributed by atoms with Gasteiger partial charge in [0, 0.05) is 23.4 Å². The highest BCUT2D eigenvalue weighted by atomic mass is 19.4. The van der Waals surface area contributed by atoms with Gasteiger partial charge in [0.1, 0.15) is 17.5 Å². The highest BCUT2D eigenvalue weighted by Gasteiger charge is 2.45. The predicted molar refractivity (Wildman–Crippen MR) is 99.9 cm³/mol. The average molecular weight is 475 g/mol. The minimum atomic E-state index is -4.74. The number of aromatic nitrogens is 1. The third-order valence-corrected chi connectivity index (χ3v) is 4.94. The van der Waals surface area contributed by atoms with E-state index in [1.165, 1.54) is 13.8 Å². The second kappa shape index (κ2) is 8.23. The Bertz CT molecular complexity index is 1130. The Kier molecular flexibility index (Phi) is 5.93. The van der Waals surface area contributed by atoms with Crippen molar-refractivity contribution in [2.45, 2.75) is 44.1 Å². The summed E-state index contributed by atoms with van der Waals surface area (Å²) >= 11 is 0. The summed E-state index contributed by atoms with van der Waals surface area (Å²) in [5, 5.41) is 29.6. The Hall–Kier alpha value is -3.88. The molecule has 1 aromatic carbocycles. The van der Waals surface area contributed by atoms with Gasteiger partial charge in [-0.25, -0.2) is 0 Å². The summed E-state index contributed by atoms with van der Waals surface area (Å²) in [4.78, 5) is 42.3. The van der Waals surface area contributed by atoms with Crippen molar-refractivity contribution in [1.29, 1.82) is 0 Å². The third-order valence-electron chi connectivity index (χ3n) is 4.94. The molecular formula is C18H16F3N3O9. The summed E-state index contributed by atoms with van der Waals surface area (Å²) in [6.07, 6.45) is -7.66. The summed E-state index contributed by atoms with van der Waals surface area (Å²) < 4.78 is 46.3. The fraction of sp³-hybridized carbons (Fsp3) is 0.389. The number of hydrogen-bond acceptors (Lipinski definition) is 9. The smallest absolute Gasteiger partial charge is 0.416 e. The van der Waals surface area contributed by atoms with Crippen molar-refractivity contribution in [3.05, 3.63) is 83.8 Å². The van der Waals surface area contributed by atoms with Gasteiger partial charge in [-0.2, -0.15) is 13.2 Å². The van der Waals surface area contributed by atoms with Gasteiger partial charge in [-0.3, -0.25) is 14.5 Å². The second-order valence-electron chi connectivity index (χ2n) is 7.54. The second-order valence-corrected chi connectivity index (χ2v) is 7.54. The van der Waals surface area contributed by atoms with E-state index in [9.17, 15) is 43.3 Å². The molecule has 0 radical (unpaired) electrons. The lowest BCUT2D eigenvalue weighted by Gasteiger charge is -2.43. The summed E-state index contributed by atoms with van der Waals surface area (Å²) in [6.45, 7) is 2.88. The van der Waals surface area contributed by atoms with Crippen LogP contribution in [0.5, 0.6) is 5.75 Å². The van der Waals surface area contributed by atoms with Gasteiger partial charge in [0.25, 0.3) is 22.0 Å². The first-order chi connectivity index (χ1) is 15.2. The molecule has 1 aliphatic heterocycles. The standard InChI is InChI=1S/C18H16F3N3O9/c1-17(2)15(26)14(11-7-10(18(19,20)21)4-5-12(11)31-17)22-8-9(3-6-13(22)25)16(32-23(27)28)33-24(29)30/h3-8,14-16,26H,1-2H3. The Labute approximate surface area is 181 Å². The summed E-state index contributed by atoms with van der Waals surface area (Å²) in [7, 11) is 0. The number of alkyl halides is 3. The first kappa shape index (κ1) is 23.8. The summed E-state index contributed by atoms with van der Waals surface area (Å²) in [5.41, 5.74) is -3.85.